The normalized spacial score (nSPS) is 14.6. The van der Waals surface area contributed by atoms with Gasteiger partial charge in [-0.05, 0) is 30.0 Å². The van der Waals surface area contributed by atoms with E-state index in [-0.39, 0.29) is 30.3 Å². The second-order valence-corrected chi connectivity index (χ2v) is 8.36. The summed E-state index contributed by atoms with van der Waals surface area (Å²) in [5, 5.41) is 35.1. The number of hydrogen-bond acceptors (Lipinski definition) is 8. The number of aliphatic hydroxyl groups excluding tert-OH is 1. The van der Waals surface area contributed by atoms with E-state index >= 15 is 0 Å². The Bertz CT molecular complexity index is 819. The number of rotatable bonds is 13. The maximum Gasteiger partial charge on any atom is 0.328 e. The van der Waals surface area contributed by atoms with Crippen LogP contribution in [-0.4, -0.2) is 75.5 Å². The third-order valence-corrected chi connectivity index (χ3v) is 5.07. The Hall–Kier alpha value is -2.83. The molecule has 1 aromatic carbocycles. The van der Waals surface area contributed by atoms with Crippen LogP contribution in [0.5, 0.6) is 5.75 Å². The average molecular weight is 485 g/mol. The van der Waals surface area contributed by atoms with E-state index in [9.17, 15) is 29.4 Å². The molecule has 33 heavy (non-hydrogen) atoms. The first-order chi connectivity index (χ1) is 15.5. The van der Waals surface area contributed by atoms with Crippen molar-refractivity contribution in [1.29, 1.82) is 0 Å². The van der Waals surface area contributed by atoms with Crippen LogP contribution in [-0.2, 0) is 25.6 Å². The lowest BCUT2D eigenvalue weighted by atomic mass is 10.0. The van der Waals surface area contributed by atoms with Crippen LogP contribution in [0, 0.1) is 5.92 Å². The molecular weight excluding hydrogens is 452 g/mol. The van der Waals surface area contributed by atoms with Gasteiger partial charge in [0.2, 0.25) is 17.7 Å². The van der Waals surface area contributed by atoms with Gasteiger partial charge in [-0.3, -0.25) is 14.4 Å². The summed E-state index contributed by atoms with van der Waals surface area (Å²) in [7, 11) is 0. The highest BCUT2D eigenvalue weighted by atomic mass is 32.1. The molecule has 4 atom stereocenters. The maximum atomic E-state index is 13.0. The van der Waals surface area contributed by atoms with Gasteiger partial charge in [-0.2, -0.15) is 12.6 Å². The lowest BCUT2D eigenvalue weighted by Crippen LogP contribution is -2.58. The Morgan fingerprint density at radius 2 is 1.45 bits per heavy atom. The molecule has 0 aliphatic carbocycles. The SMILES string of the molecule is CC(C)CC(NC(=O)C(N)CS)C(=O)NC(Cc1ccc(O)cc1)C(=O)NC(CO)C(=O)O. The molecule has 0 aliphatic rings. The molecule has 4 unspecified atom stereocenters. The predicted molar refractivity (Wildman–Crippen MR) is 124 cm³/mol. The molecule has 0 saturated heterocycles. The number of aliphatic carboxylic acids is 1. The number of carboxylic acids is 1. The van der Waals surface area contributed by atoms with Gasteiger partial charge in [-0.1, -0.05) is 26.0 Å². The van der Waals surface area contributed by atoms with E-state index in [1.807, 2.05) is 13.8 Å². The van der Waals surface area contributed by atoms with E-state index in [1.165, 1.54) is 12.1 Å². The molecule has 8 N–H and O–H groups in total. The van der Waals surface area contributed by atoms with Crippen molar-refractivity contribution < 1.29 is 34.5 Å². The second kappa shape index (κ2) is 13.7. The quantitative estimate of drug-likeness (QED) is 0.160. The monoisotopic (exact) mass is 484 g/mol. The second-order valence-electron chi connectivity index (χ2n) is 7.99. The lowest BCUT2D eigenvalue weighted by molar-refractivity contribution is -0.143. The first-order valence-corrected chi connectivity index (χ1v) is 11.0. The highest BCUT2D eigenvalue weighted by Crippen LogP contribution is 2.12. The molecule has 1 aromatic rings. The Kier molecular flexibility index (Phi) is 11.7. The van der Waals surface area contributed by atoms with Gasteiger partial charge in [0.25, 0.3) is 0 Å². The van der Waals surface area contributed by atoms with Crippen molar-refractivity contribution in [1.82, 2.24) is 16.0 Å². The van der Waals surface area contributed by atoms with Crippen LogP contribution < -0.4 is 21.7 Å². The van der Waals surface area contributed by atoms with Crippen LogP contribution in [0.2, 0.25) is 0 Å². The highest BCUT2D eigenvalue weighted by Gasteiger charge is 2.30. The zero-order valence-electron chi connectivity index (χ0n) is 18.5. The van der Waals surface area contributed by atoms with Gasteiger partial charge in [-0.15, -0.1) is 0 Å². The summed E-state index contributed by atoms with van der Waals surface area (Å²) in [6, 6.07) is 1.20. The number of phenols is 1. The van der Waals surface area contributed by atoms with Crippen LogP contribution in [0.4, 0.5) is 0 Å². The van der Waals surface area contributed by atoms with Gasteiger partial charge in [0.05, 0.1) is 12.6 Å². The van der Waals surface area contributed by atoms with Gasteiger partial charge in [0.1, 0.15) is 23.9 Å². The number of carbonyl (C=O) groups excluding carboxylic acids is 3. The molecule has 11 nitrogen and oxygen atoms in total. The maximum absolute atomic E-state index is 13.0. The topological polar surface area (TPSA) is 191 Å². The molecule has 3 amide bonds. The largest absolute Gasteiger partial charge is 0.508 e. The number of aliphatic hydroxyl groups is 1. The van der Waals surface area contributed by atoms with E-state index in [0.29, 0.717) is 5.56 Å². The number of amides is 3. The fraction of sp³-hybridized carbons (Fsp3) is 0.524. The molecule has 0 spiro atoms. The van der Waals surface area contributed by atoms with Gasteiger partial charge in [0.15, 0.2) is 0 Å². The highest BCUT2D eigenvalue weighted by molar-refractivity contribution is 7.80. The first-order valence-electron chi connectivity index (χ1n) is 10.4. The van der Waals surface area contributed by atoms with Crippen molar-refractivity contribution in [3.05, 3.63) is 29.8 Å². The zero-order chi connectivity index (χ0) is 25.1. The molecule has 0 aliphatic heterocycles. The van der Waals surface area contributed by atoms with Crippen LogP contribution in [0.15, 0.2) is 24.3 Å². The Balaban J connectivity index is 3.11. The van der Waals surface area contributed by atoms with Gasteiger partial charge >= 0.3 is 5.97 Å². The van der Waals surface area contributed by atoms with E-state index in [0.717, 1.165) is 0 Å². The third-order valence-electron chi connectivity index (χ3n) is 4.68. The number of hydrogen-bond donors (Lipinski definition) is 8. The van der Waals surface area contributed by atoms with Crippen molar-refractivity contribution >= 4 is 36.3 Å². The van der Waals surface area contributed by atoms with Gasteiger partial charge in [-0.25, -0.2) is 4.79 Å². The van der Waals surface area contributed by atoms with Crippen molar-refractivity contribution in [2.75, 3.05) is 12.4 Å². The number of benzene rings is 1. The van der Waals surface area contributed by atoms with E-state index in [4.69, 9.17) is 10.8 Å². The van der Waals surface area contributed by atoms with Crippen molar-refractivity contribution in [2.45, 2.75) is 50.9 Å². The fourth-order valence-corrected chi connectivity index (χ4v) is 3.04. The first kappa shape index (κ1) is 28.2. The Morgan fingerprint density at radius 1 is 0.939 bits per heavy atom. The number of thiol groups is 1. The molecule has 184 valence electrons. The molecule has 0 aromatic heterocycles. The minimum absolute atomic E-state index is 0.00949. The summed E-state index contributed by atoms with van der Waals surface area (Å²) < 4.78 is 0. The summed E-state index contributed by atoms with van der Waals surface area (Å²) in [4.78, 5) is 49.2. The fourth-order valence-electron chi connectivity index (χ4n) is 2.87. The summed E-state index contributed by atoms with van der Waals surface area (Å²) in [6.07, 6.45) is 0.229. The zero-order valence-corrected chi connectivity index (χ0v) is 19.4. The summed E-state index contributed by atoms with van der Waals surface area (Å²) >= 11 is 3.98. The minimum atomic E-state index is -1.56. The van der Waals surface area contributed by atoms with E-state index in [1.54, 1.807) is 12.1 Å². The summed E-state index contributed by atoms with van der Waals surface area (Å²) in [5.41, 5.74) is 6.25. The van der Waals surface area contributed by atoms with Crippen LogP contribution in [0.25, 0.3) is 0 Å². The van der Waals surface area contributed by atoms with Crippen LogP contribution >= 0.6 is 12.6 Å². The van der Waals surface area contributed by atoms with Crippen LogP contribution in [0.3, 0.4) is 0 Å². The van der Waals surface area contributed by atoms with Crippen molar-refractivity contribution in [3.63, 3.8) is 0 Å². The molecule has 0 saturated carbocycles. The lowest BCUT2D eigenvalue weighted by Gasteiger charge is -2.25. The summed E-state index contributed by atoms with van der Waals surface area (Å²) in [5.74, 6) is -3.40. The Labute approximate surface area is 197 Å². The van der Waals surface area contributed by atoms with E-state index in [2.05, 4.69) is 28.6 Å². The molecule has 0 radical (unpaired) electrons. The van der Waals surface area contributed by atoms with Gasteiger partial charge in [0, 0.05) is 12.2 Å². The average Bonchev–Trinajstić information content (AvgIpc) is 2.76. The summed E-state index contributed by atoms with van der Waals surface area (Å²) in [6.45, 7) is 2.86. The molecule has 1 rings (SSSR count). The molecule has 12 heteroatoms. The molecular formula is C21H32N4O7S. The van der Waals surface area contributed by atoms with Crippen molar-refractivity contribution in [2.24, 2.45) is 11.7 Å². The number of nitrogens with two attached hydrogens (primary N) is 1. The molecule has 0 heterocycles. The standard InChI is InChI=1S/C21H32N4O7S/c1-11(2)7-15(23-18(28)14(22)10-33)19(29)24-16(8-12-3-5-13(27)6-4-12)20(30)25-17(9-26)21(31)32/h3-6,11,14-17,26-27,33H,7-10,22H2,1-2H3,(H,23,28)(H,24,29)(H,25,30)(H,31,32). The van der Waals surface area contributed by atoms with Crippen LogP contribution in [0.1, 0.15) is 25.8 Å². The number of carboxylic acid groups (broad SMARTS) is 1. The number of nitrogens with one attached hydrogen (secondary N) is 3. The molecule has 0 fully saturated rings. The molecule has 0 bridgehead atoms. The Morgan fingerprint density at radius 3 is 1.94 bits per heavy atom. The minimum Gasteiger partial charge on any atom is -0.508 e. The van der Waals surface area contributed by atoms with Crippen molar-refractivity contribution in [3.8, 4) is 5.75 Å². The number of phenolic OH excluding ortho intramolecular Hbond substituents is 1. The smallest absolute Gasteiger partial charge is 0.328 e. The van der Waals surface area contributed by atoms with Gasteiger partial charge < -0.3 is 37.0 Å². The number of aromatic hydroxyl groups is 1. The predicted octanol–water partition coefficient (Wildman–Crippen LogP) is -1.23. The third kappa shape index (κ3) is 9.68. The van der Waals surface area contributed by atoms with E-state index < -0.39 is 54.5 Å². The number of carbonyl (C=O) groups is 4.